The molecule has 1 unspecified atom stereocenters. The summed E-state index contributed by atoms with van der Waals surface area (Å²) >= 11 is 0. The van der Waals surface area contributed by atoms with Gasteiger partial charge in [-0.15, -0.1) is 0 Å². The molecule has 4 heteroatoms. The fourth-order valence-corrected chi connectivity index (χ4v) is 1.39. The number of rotatable bonds is 5. The molecule has 0 fully saturated rings. The van der Waals surface area contributed by atoms with Gasteiger partial charge in [-0.1, -0.05) is 6.07 Å². The minimum atomic E-state index is -0.766. The summed E-state index contributed by atoms with van der Waals surface area (Å²) in [5.74, 6) is 1.31. The highest BCUT2D eigenvalue weighted by molar-refractivity contribution is 5.44. The van der Waals surface area contributed by atoms with Gasteiger partial charge in [0.15, 0.2) is 11.5 Å². The molecule has 0 heterocycles. The van der Waals surface area contributed by atoms with E-state index in [1.54, 1.807) is 26.2 Å². The third-order valence-electron chi connectivity index (χ3n) is 2.45. The van der Waals surface area contributed by atoms with Gasteiger partial charge in [-0.3, -0.25) is 0 Å². The summed E-state index contributed by atoms with van der Waals surface area (Å²) in [6.07, 6.45) is 0. The van der Waals surface area contributed by atoms with Gasteiger partial charge >= 0.3 is 0 Å². The van der Waals surface area contributed by atoms with Gasteiger partial charge < -0.3 is 20.3 Å². The molecule has 0 aliphatic heterocycles. The van der Waals surface area contributed by atoms with Crippen molar-refractivity contribution in [3.8, 4) is 11.5 Å². The Morgan fingerprint density at radius 2 is 2.06 bits per heavy atom. The Balaban J connectivity index is 3.11. The molecule has 0 saturated heterocycles. The zero-order valence-corrected chi connectivity index (χ0v) is 9.99. The smallest absolute Gasteiger partial charge is 0.161 e. The SMILES string of the molecule is CCOc1cc(C(C)(N)CO)ccc1OC. The molecule has 0 aromatic heterocycles. The maximum absolute atomic E-state index is 9.20. The number of benzene rings is 1. The van der Waals surface area contributed by atoms with Crippen LogP contribution in [-0.4, -0.2) is 25.4 Å². The topological polar surface area (TPSA) is 64.7 Å². The largest absolute Gasteiger partial charge is 0.493 e. The van der Waals surface area contributed by atoms with Crippen molar-refractivity contribution in [3.05, 3.63) is 23.8 Å². The number of ether oxygens (including phenoxy) is 2. The Bertz CT molecular complexity index is 350. The molecular formula is C12H19NO3. The quantitative estimate of drug-likeness (QED) is 0.791. The molecule has 0 radical (unpaired) electrons. The number of aliphatic hydroxyl groups excluding tert-OH is 1. The van der Waals surface area contributed by atoms with Crippen molar-refractivity contribution >= 4 is 0 Å². The summed E-state index contributed by atoms with van der Waals surface area (Å²) in [6, 6.07) is 5.43. The van der Waals surface area contributed by atoms with Crippen LogP contribution in [0.5, 0.6) is 11.5 Å². The van der Waals surface area contributed by atoms with Gasteiger partial charge in [0.25, 0.3) is 0 Å². The fraction of sp³-hybridized carbons (Fsp3) is 0.500. The lowest BCUT2D eigenvalue weighted by atomic mass is 9.94. The van der Waals surface area contributed by atoms with Gasteiger partial charge in [0.2, 0.25) is 0 Å². The Hall–Kier alpha value is -1.26. The van der Waals surface area contributed by atoms with Crippen LogP contribution < -0.4 is 15.2 Å². The molecule has 1 rings (SSSR count). The van der Waals surface area contributed by atoms with E-state index in [0.29, 0.717) is 18.1 Å². The van der Waals surface area contributed by atoms with E-state index < -0.39 is 5.54 Å². The van der Waals surface area contributed by atoms with Crippen molar-refractivity contribution in [2.45, 2.75) is 19.4 Å². The summed E-state index contributed by atoms with van der Waals surface area (Å²) in [7, 11) is 1.59. The normalized spacial score (nSPS) is 14.3. The first kappa shape index (κ1) is 12.8. The zero-order chi connectivity index (χ0) is 12.2. The number of methoxy groups -OCH3 is 1. The van der Waals surface area contributed by atoms with E-state index >= 15 is 0 Å². The summed E-state index contributed by atoms with van der Waals surface area (Å²) in [4.78, 5) is 0. The molecule has 16 heavy (non-hydrogen) atoms. The Morgan fingerprint density at radius 1 is 1.38 bits per heavy atom. The van der Waals surface area contributed by atoms with E-state index in [9.17, 15) is 5.11 Å². The highest BCUT2D eigenvalue weighted by Crippen LogP contribution is 2.31. The van der Waals surface area contributed by atoms with Crippen molar-refractivity contribution in [1.82, 2.24) is 0 Å². The van der Waals surface area contributed by atoms with Crippen LogP contribution >= 0.6 is 0 Å². The molecule has 0 spiro atoms. The summed E-state index contributed by atoms with van der Waals surface area (Å²) in [5, 5.41) is 9.20. The highest BCUT2D eigenvalue weighted by atomic mass is 16.5. The van der Waals surface area contributed by atoms with E-state index in [-0.39, 0.29) is 6.61 Å². The maximum atomic E-state index is 9.20. The highest BCUT2D eigenvalue weighted by Gasteiger charge is 2.21. The second-order valence-corrected chi connectivity index (χ2v) is 3.87. The Morgan fingerprint density at radius 3 is 2.56 bits per heavy atom. The van der Waals surface area contributed by atoms with Crippen LogP contribution in [0.3, 0.4) is 0 Å². The average Bonchev–Trinajstić information content (AvgIpc) is 2.29. The predicted molar refractivity (Wildman–Crippen MR) is 62.8 cm³/mol. The molecule has 1 aromatic carbocycles. The van der Waals surface area contributed by atoms with Crippen LogP contribution in [0.2, 0.25) is 0 Å². The lowest BCUT2D eigenvalue weighted by Crippen LogP contribution is -2.36. The molecule has 0 saturated carbocycles. The van der Waals surface area contributed by atoms with Crippen molar-refractivity contribution in [2.24, 2.45) is 5.73 Å². The van der Waals surface area contributed by atoms with Crippen molar-refractivity contribution in [1.29, 1.82) is 0 Å². The predicted octanol–water partition coefficient (Wildman–Crippen LogP) is 1.26. The van der Waals surface area contributed by atoms with Crippen molar-refractivity contribution in [3.63, 3.8) is 0 Å². The summed E-state index contributed by atoms with van der Waals surface area (Å²) in [5.41, 5.74) is 6.00. The monoisotopic (exact) mass is 225 g/mol. The molecule has 90 valence electrons. The standard InChI is InChI=1S/C12H19NO3/c1-4-16-11-7-9(12(2,13)8-14)5-6-10(11)15-3/h5-7,14H,4,8,13H2,1-3H3. The molecule has 1 aromatic rings. The van der Waals surface area contributed by atoms with Gasteiger partial charge in [-0.05, 0) is 31.5 Å². The lowest BCUT2D eigenvalue weighted by Gasteiger charge is -2.23. The summed E-state index contributed by atoms with van der Waals surface area (Å²) < 4.78 is 10.6. The van der Waals surface area contributed by atoms with Gasteiger partial charge in [-0.2, -0.15) is 0 Å². The van der Waals surface area contributed by atoms with Gasteiger partial charge in [0.05, 0.1) is 25.9 Å². The lowest BCUT2D eigenvalue weighted by molar-refractivity contribution is 0.209. The van der Waals surface area contributed by atoms with Gasteiger partial charge in [-0.25, -0.2) is 0 Å². The third-order valence-corrected chi connectivity index (χ3v) is 2.45. The first-order valence-corrected chi connectivity index (χ1v) is 5.26. The van der Waals surface area contributed by atoms with E-state index in [1.807, 2.05) is 13.0 Å². The molecule has 0 aliphatic rings. The molecule has 0 bridgehead atoms. The van der Waals surface area contributed by atoms with Crippen LogP contribution in [0.25, 0.3) is 0 Å². The van der Waals surface area contributed by atoms with Crippen molar-refractivity contribution < 1.29 is 14.6 Å². The van der Waals surface area contributed by atoms with Gasteiger partial charge in [0.1, 0.15) is 0 Å². The number of hydrogen-bond donors (Lipinski definition) is 2. The van der Waals surface area contributed by atoms with Crippen LogP contribution in [0.15, 0.2) is 18.2 Å². The van der Waals surface area contributed by atoms with Crippen molar-refractivity contribution in [2.75, 3.05) is 20.3 Å². The first-order valence-electron chi connectivity index (χ1n) is 5.26. The summed E-state index contributed by atoms with van der Waals surface area (Å²) in [6.45, 7) is 4.11. The molecule has 1 atom stereocenters. The van der Waals surface area contributed by atoms with Crippen LogP contribution in [0, 0.1) is 0 Å². The fourth-order valence-electron chi connectivity index (χ4n) is 1.39. The molecule has 0 amide bonds. The van der Waals surface area contributed by atoms with Crippen LogP contribution in [0.4, 0.5) is 0 Å². The van der Waals surface area contributed by atoms with E-state index in [2.05, 4.69) is 0 Å². The van der Waals surface area contributed by atoms with Crippen LogP contribution in [-0.2, 0) is 5.54 Å². The Labute approximate surface area is 96.0 Å². The molecule has 4 nitrogen and oxygen atoms in total. The molecular weight excluding hydrogens is 206 g/mol. The number of aliphatic hydroxyl groups is 1. The molecule has 3 N–H and O–H groups in total. The first-order chi connectivity index (χ1) is 7.55. The van der Waals surface area contributed by atoms with E-state index in [1.165, 1.54) is 0 Å². The third kappa shape index (κ3) is 2.65. The Kier molecular flexibility index (Phi) is 4.15. The van der Waals surface area contributed by atoms with E-state index in [0.717, 1.165) is 5.56 Å². The zero-order valence-electron chi connectivity index (χ0n) is 9.99. The number of nitrogens with two attached hydrogens (primary N) is 1. The average molecular weight is 225 g/mol. The van der Waals surface area contributed by atoms with Gasteiger partial charge in [0, 0.05) is 0 Å². The number of hydrogen-bond acceptors (Lipinski definition) is 4. The minimum absolute atomic E-state index is 0.120. The maximum Gasteiger partial charge on any atom is 0.161 e. The second-order valence-electron chi connectivity index (χ2n) is 3.87. The van der Waals surface area contributed by atoms with Crippen LogP contribution in [0.1, 0.15) is 19.4 Å². The molecule has 0 aliphatic carbocycles. The van der Waals surface area contributed by atoms with E-state index in [4.69, 9.17) is 15.2 Å². The minimum Gasteiger partial charge on any atom is -0.493 e. The second kappa shape index (κ2) is 5.18.